The maximum absolute atomic E-state index is 13.2. The molecular formula is C19H27N9O9S2. The fraction of sp³-hybridized carbons (Fsp3) is 0.474. The van der Waals surface area contributed by atoms with E-state index in [1.807, 2.05) is 0 Å². The number of hydrogen-bond acceptors (Lipinski definition) is 13. The summed E-state index contributed by atoms with van der Waals surface area (Å²) >= 11 is 0.972. The van der Waals surface area contributed by atoms with E-state index in [-0.39, 0.29) is 34.2 Å². The van der Waals surface area contributed by atoms with Crippen LogP contribution in [0.2, 0.25) is 0 Å². The van der Waals surface area contributed by atoms with Gasteiger partial charge in [0.15, 0.2) is 22.4 Å². The predicted molar refractivity (Wildman–Crippen MR) is 136 cm³/mol. The number of β-lactam (4-membered cyclic amide) rings is 1. The first-order chi connectivity index (χ1) is 18.0. The Morgan fingerprint density at radius 2 is 2.13 bits per heavy atom. The van der Waals surface area contributed by atoms with Crippen LogP contribution < -0.4 is 22.1 Å². The molecule has 39 heavy (non-hydrogen) atoms. The third kappa shape index (κ3) is 6.64. The first kappa shape index (κ1) is 29.4. The van der Waals surface area contributed by atoms with Crippen molar-refractivity contribution in [1.82, 2.24) is 24.8 Å². The molecular weight excluding hydrogens is 562 g/mol. The maximum Gasteiger partial charge on any atom is 0.410 e. The average Bonchev–Trinajstić information content (AvgIpc) is 3.39. The zero-order chi connectivity index (χ0) is 29.3. The van der Waals surface area contributed by atoms with Crippen molar-refractivity contribution in [3.63, 3.8) is 0 Å². The summed E-state index contributed by atoms with van der Waals surface area (Å²) in [6.45, 7) is 5.66. The van der Waals surface area contributed by atoms with Crippen LogP contribution in [-0.4, -0.2) is 105 Å². The van der Waals surface area contributed by atoms with Gasteiger partial charge in [-0.25, -0.2) is 14.1 Å². The number of cyclic esters (lactones) is 1. The van der Waals surface area contributed by atoms with Gasteiger partial charge in [0.05, 0.1) is 19.1 Å². The van der Waals surface area contributed by atoms with Gasteiger partial charge in [-0.15, -0.1) is 11.3 Å². The molecule has 0 saturated carbocycles. The van der Waals surface area contributed by atoms with Crippen molar-refractivity contribution < 1.29 is 42.0 Å². The number of ether oxygens (including phenoxy) is 1. The van der Waals surface area contributed by atoms with Gasteiger partial charge in [0.2, 0.25) is 0 Å². The van der Waals surface area contributed by atoms with Crippen molar-refractivity contribution in [3.05, 3.63) is 23.4 Å². The van der Waals surface area contributed by atoms with Gasteiger partial charge in [-0.1, -0.05) is 11.7 Å². The van der Waals surface area contributed by atoms with Crippen LogP contribution in [0.1, 0.15) is 19.5 Å². The molecule has 0 bridgehead atoms. The van der Waals surface area contributed by atoms with E-state index in [1.54, 1.807) is 0 Å². The standard InChI is InChI=1S/C19H27N9O9S2/c1-8(29)19(2,3)37-26-12(10-7-38-17(22)24-10)14(30)25-13-11(28(15(13)31)39(33,34)35)6-27-5-9(36-18(27)32)4-23-16(20)21/h7,9,11,13,29H,1,4-6H2,2-3H3,(H2,22,24)(H,25,30)(H4,20,21,23)(H,33,34,35)/b26-12-/t9-,11-,13+/m1/s1. The molecule has 1 aromatic heterocycles. The Bertz CT molecular complexity index is 1330. The Morgan fingerprint density at radius 3 is 2.67 bits per heavy atom. The predicted octanol–water partition coefficient (Wildman–Crippen LogP) is -1.90. The van der Waals surface area contributed by atoms with E-state index in [2.05, 4.69) is 27.4 Å². The van der Waals surface area contributed by atoms with E-state index in [0.717, 1.165) is 16.2 Å². The molecule has 3 heterocycles. The molecule has 9 N–H and O–H groups in total. The molecule has 18 nitrogen and oxygen atoms in total. The number of nitrogens with zero attached hydrogens (tertiary/aromatic N) is 4. The summed E-state index contributed by atoms with van der Waals surface area (Å²) < 4.78 is 38.5. The Labute approximate surface area is 226 Å². The summed E-state index contributed by atoms with van der Waals surface area (Å²) in [6.07, 6.45) is -1.61. The largest absolute Gasteiger partial charge is 0.509 e. The van der Waals surface area contributed by atoms with Gasteiger partial charge in [-0.2, -0.15) is 8.42 Å². The van der Waals surface area contributed by atoms with Gasteiger partial charge >= 0.3 is 16.4 Å². The number of rotatable bonds is 11. The molecule has 2 aliphatic rings. The SMILES string of the molecule is C=C(O)C(C)(C)O/N=C(\C(=O)N[C@@H]1C(=O)N(S(=O)(=O)O)[C@@H]1CN1C[C@@H](CNC(=N)N)OC1=O)c1csc(N)n1. The zero-order valence-electron chi connectivity index (χ0n) is 20.7. The minimum Gasteiger partial charge on any atom is -0.509 e. The first-order valence-corrected chi connectivity index (χ1v) is 13.3. The van der Waals surface area contributed by atoms with Crippen molar-refractivity contribution in [3.8, 4) is 0 Å². The molecule has 214 valence electrons. The highest BCUT2D eigenvalue weighted by Crippen LogP contribution is 2.27. The number of aromatic nitrogens is 1. The fourth-order valence-electron chi connectivity index (χ4n) is 3.44. The number of carbonyl (C=O) groups is 3. The lowest BCUT2D eigenvalue weighted by atomic mass is 9.97. The van der Waals surface area contributed by atoms with E-state index in [1.165, 1.54) is 19.2 Å². The highest BCUT2D eigenvalue weighted by Gasteiger charge is 2.55. The smallest absolute Gasteiger partial charge is 0.410 e. The lowest BCUT2D eigenvalue weighted by Gasteiger charge is -2.45. The molecule has 20 heteroatoms. The van der Waals surface area contributed by atoms with Crippen LogP contribution >= 0.6 is 11.3 Å². The number of guanidine groups is 1. The third-order valence-corrected chi connectivity index (χ3v) is 7.24. The van der Waals surface area contributed by atoms with Crippen LogP contribution in [0.5, 0.6) is 0 Å². The summed E-state index contributed by atoms with van der Waals surface area (Å²) in [5.74, 6) is -2.98. The van der Waals surface area contributed by atoms with Crippen LogP contribution in [0.4, 0.5) is 9.93 Å². The van der Waals surface area contributed by atoms with Gasteiger partial charge in [0, 0.05) is 11.9 Å². The molecule has 0 spiro atoms. The number of oxime groups is 1. The monoisotopic (exact) mass is 589 g/mol. The van der Waals surface area contributed by atoms with Crippen LogP contribution in [0, 0.1) is 5.41 Å². The molecule has 3 rings (SSSR count). The molecule has 3 amide bonds. The first-order valence-electron chi connectivity index (χ1n) is 11.0. The van der Waals surface area contributed by atoms with E-state index in [0.29, 0.717) is 0 Å². The molecule has 0 unspecified atom stereocenters. The number of thiazole rings is 1. The number of nitrogens with one attached hydrogen (secondary N) is 3. The number of nitrogens with two attached hydrogens (primary N) is 2. The van der Waals surface area contributed by atoms with E-state index in [4.69, 9.17) is 26.5 Å². The van der Waals surface area contributed by atoms with E-state index in [9.17, 15) is 32.5 Å². The molecule has 0 radical (unpaired) electrons. The summed E-state index contributed by atoms with van der Waals surface area (Å²) in [5.41, 5.74) is 8.93. The Balaban J connectivity index is 1.83. The fourth-order valence-corrected chi connectivity index (χ4v) is 4.86. The molecule has 2 fully saturated rings. The van der Waals surface area contributed by atoms with Gasteiger partial charge in [-0.05, 0) is 13.8 Å². The van der Waals surface area contributed by atoms with E-state index >= 15 is 0 Å². The van der Waals surface area contributed by atoms with Crippen molar-refractivity contribution in [2.24, 2.45) is 10.9 Å². The highest BCUT2D eigenvalue weighted by atomic mass is 32.2. The van der Waals surface area contributed by atoms with Crippen molar-refractivity contribution in [2.45, 2.75) is 37.6 Å². The second-order valence-corrected chi connectivity index (χ2v) is 11.1. The summed E-state index contributed by atoms with van der Waals surface area (Å²) in [7, 11) is -5.06. The normalized spacial score (nSPS) is 21.7. The van der Waals surface area contributed by atoms with Crippen molar-refractivity contribution in [1.29, 1.82) is 5.41 Å². The summed E-state index contributed by atoms with van der Waals surface area (Å²) in [4.78, 5) is 48.4. The number of hydrogen-bond donors (Lipinski definition) is 7. The number of aliphatic hydroxyl groups excluding tert-OH is 1. The van der Waals surface area contributed by atoms with Crippen LogP contribution in [0.3, 0.4) is 0 Å². The Hall–Kier alpha value is -4.17. The summed E-state index contributed by atoms with van der Waals surface area (Å²) in [5, 5.41) is 26.9. The van der Waals surface area contributed by atoms with Gasteiger partial charge in [0.25, 0.3) is 11.8 Å². The molecule has 0 aliphatic carbocycles. The number of carbonyl (C=O) groups excluding carboxylic acids is 3. The minimum absolute atomic E-state index is 0.00342. The van der Waals surface area contributed by atoms with Crippen LogP contribution in [0.15, 0.2) is 22.9 Å². The maximum atomic E-state index is 13.2. The highest BCUT2D eigenvalue weighted by molar-refractivity contribution is 7.84. The number of amides is 3. The number of anilines is 1. The average molecular weight is 590 g/mol. The van der Waals surface area contributed by atoms with E-state index < -0.39 is 70.0 Å². The lowest BCUT2D eigenvalue weighted by Crippen LogP contribution is -2.74. The number of aliphatic hydroxyl groups is 1. The third-order valence-electron chi connectivity index (χ3n) is 5.62. The summed E-state index contributed by atoms with van der Waals surface area (Å²) in [6, 6.07) is -2.94. The molecule has 0 aromatic carbocycles. The topological polar surface area (TPSA) is 276 Å². The van der Waals surface area contributed by atoms with Crippen molar-refractivity contribution >= 4 is 56.4 Å². The van der Waals surface area contributed by atoms with Gasteiger partial charge in [0.1, 0.15) is 23.6 Å². The molecule has 2 aliphatic heterocycles. The van der Waals surface area contributed by atoms with Crippen LogP contribution in [-0.2, 0) is 29.5 Å². The molecule has 2 saturated heterocycles. The second-order valence-electron chi connectivity index (χ2n) is 8.89. The quantitative estimate of drug-likeness (QED) is 0.0371. The van der Waals surface area contributed by atoms with Gasteiger partial charge < -0.3 is 41.7 Å². The van der Waals surface area contributed by atoms with Crippen molar-refractivity contribution in [2.75, 3.05) is 25.4 Å². The Kier molecular flexibility index (Phi) is 8.22. The lowest BCUT2D eigenvalue weighted by molar-refractivity contribution is -0.145. The molecule has 3 atom stereocenters. The Morgan fingerprint density at radius 1 is 1.46 bits per heavy atom. The van der Waals surface area contributed by atoms with Gasteiger partial charge in [-0.3, -0.25) is 19.6 Å². The zero-order valence-corrected chi connectivity index (χ0v) is 22.3. The molecule has 1 aromatic rings. The minimum atomic E-state index is -5.06. The van der Waals surface area contributed by atoms with Crippen LogP contribution in [0.25, 0.3) is 0 Å². The second kappa shape index (κ2) is 10.9. The number of nitrogen functional groups attached to an aromatic ring is 1.